The molecule has 0 aromatic carbocycles. The van der Waals surface area contributed by atoms with Crippen LogP contribution in [0.15, 0.2) is 0 Å². The minimum absolute atomic E-state index is 0.135. The fourth-order valence-corrected chi connectivity index (χ4v) is 1.60. The lowest BCUT2D eigenvalue weighted by atomic mass is 9.94. The first-order valence-corrected chi connectivity index (χ1v) is 5.57. The molecule has 2 amide bonds. The third-order valence-electron chi connectivity index (χ3n) is 2.42. The number of hydrogen-bond acceptors (Lipinski definition) is 3. The molecule has 0 aliphatic carbocycles. The SMILES string of the molecule is CC1CCNC(=O)C1NC(=O)OC(C)(C)C. The first-order chi connectivity index (χ1) is 7.29. The van der Waals surface area contributed by atoms with Crippen LogP contribution in [0.25, 0.3) is 0 Å². The van der Waals surface area contributed by atoms with Crippen LogP contribution in [0.3, 0.4) is 0 Å². The van der Waals surface area contributed by atoms with Crippen LogP contribution in [-0.2, 0) is 9.53 Å². The van der Waals surface area contributed by atoms with E-state index in [2.05, 4.69) is 10.6 Å². The Labute approximate surface area is 95.9 Å². The van der Waals surface area contributed by atoms with Crippen LogP contribution in [0.5, 0.6) is 0 Å². The van der Waals surface area contributed by atoms with Crippen molar-refractivity contribution in [3.63, 3.8) is 0 Å². The van der Waals surface area contributed by atoms with Gasteiger partial charge in [-0.1, -0.05) is 6.92 Å². The molecule has 2 atom stereocenters. The Morgan fingerprint density at radius 3 is 2.62 bits per heavy atom. The molecule has 1 rings (SSSR count). The monoisotopic (exact) mass is 228 g/mol. The highest BCUT2D eigenvalue weighted by Crippen LogP contribution is 2.13. The van der Waals surface area contributed by atoms with Crippen LogP contribution in [0.2, 0.25) is 0 Å². The third-order valence-corrected chi connectivity index (χ3v) is 2.42. The summed E-state index contributed by atoms with van der Waals surface area (Å²) >= 11 is 0. The maximum atomic E-state index is 11.5. The smallest absolute Gasteiger partial charge is 0.408 e. The lowest BCUT2D eigenvalue weighted by Crippen LogP contribution is -2.55. The Bertz CT molecular complexity index is 283. The first-order valence-electron chi connectivity index (χ1n) is 5.57. The Morgan fingerprint density at radius 2 is 2.12 bits per heavy atom. The maximum absolute atomic E-state index is 11.5. The van der Waals surface area contributed by atoms with Crippen molar-refractivity contribution < 1.29 is 14.3 Å². The standard InChI is InChI=1S/C11H20N2O3/c1-7-5-6-12-9(14)8(7)13-10(15)16-11(2,3)4/h7-8H,5-6H2,1-4H3,(H,12,14)(H,13,15). The number of piperidine rings is 1. The molecule has 1 aliphatic rings. The second kappa shape index (κ2) is 4.72. The number of nitrogens with one attached hydrogen (secondary N) is 2. The number of amides is 2. The molecule has 5 heteroatoms. The topological polar surface area (TPSA) is 67.4 Å². The summed E-state index contributed by atoms with van der Waals surface area (Å²) in [4.78, 5) is 23.0. The van der Waals surface area contributed by atoms with Crippen LogP contribution >= 0.6 is 0 Å². The van der Waals surface area contributed by atoms with E-state index in [-0.39, 0.29) is 11.8 Å². The fourth-order valence-electron chi connectivity index (χ4n) is 1.60. The average Bonchev–Trinajstić information content (AvgIpc) is 2.08. The van der Waals surface area contributed by atoms with Crippen LogP contribution < -0.4 is 10.6 Å². The zero-order valence-electron chi connectivity index (χ0n) is 10.3. The highest BCUT2D eigenvalue weighted by molar-refractivity contribution is 5.86. The van der Waals surface area contributed by atoms with Crippen LogP contribution in [0.4, 0.5) is 4.79 Å². The second-order valence-corrected chi connectivity index (χ2v) is 5.18. The van der Waals surface area contributed by atoms with Gasteiger partial charge < -0.3 is 15.4 Å². The number of carbonyl (C=O) groups excluding carboxylic acids is 2. The van der Waals surface area contributed by atoms with E-state index in [0.717, 1.165) is 6.42 Å². The van der Waals surface area contributed by atoms with Crippen molar-refractivity contribution in [1.82, 2.24) is 10.6 Å². The van der Waals surface area contributed by atoms with E-state index in [1.54, 1.807) is 20.8 Å². The fraction of sp³-hybridized carbons (Fsp3) is 0.818. The Morgan fingerprint density at radius 1 is 1.50 bits per heavy atom. The molecule has 2 N–H and O–H groups in total. The van der Waals surface area contributed by atoms with Gasteiger partial charge in [0.25, 0.3) is 0 Å². The predicted molar refractivity (Wildman–Crippen MR) is 59.9 cm³/mol. The van der Waals surface area contributed by atoms with Crippen LogP contribution in [0.1, 0.15) is 34.1 Å². The van der Waals surface area contributed by atoms with Gasteiger partial charge in [0.1, 0.15) is 11.6 Å². The molecule has 1 heterocycles. The van der Waals surface area contributed by atoms with Gasteiger partial charge in [0.15, 0.2) is 0 Å². The van der Waals surface area contributed by atoms with E-state index in [1.165, 1.54) is 0 Å². The molecule has 2 unspecified atom stereocenters. The van der Waals surface area contributed by atoms with E-state index >= 15 is 0 Å². The molecule has 0 aromatic heterocycles. The largest absolute Gasteiger partial charge is 0.444 e. The minimum atomic E-state index is -0.543. The summed E-state index contributed by atoms with van der Waals surface area (Å²) in [5, 5.41) is 5.32. The third kappa shape index (κ3) is 3.72. The summed E-state index contributed by atoms with van der Waals surface area (Å²) in [7, 11) is 0. The van der Waals surface area contributed by atoms with Gasteiger partial charge in [0, 0.05) is 6.54 Å². The van der Waals surface area contributed by atoms with Crippen molar-refractivity contribution in [2.45, 2.75) is 45.8 Å². The quantitative estimate of drug-likeness (QED) is 0.704. The summed E-state index contributed by atoms with van der Waals surface area (Å²) in [6.07, 6.45) is 0.327. The van der Waals surface area contributed by atoms with Crippen molar-refractivity contribution in [1.29, 1.82) is 0 Å². The van der Waals surface area contributed by atoms with E-state index in [0.29, 0.717) is 6.54 Å². The van der Waals surface area contributed by atoms with Gasteiger partial charge in [-0.05, 0) is 33.1 Å². The number of rotatable bonds is 1. The van der Waals surface area contributed by atoms with E-state index in [9.17, 15) is 9.59 Å². The van der Waals surface area contributed by atoms with E-state index < -0.39 is 17.7 Å². The summed E-state index contributed by atoms with van der Waals surface area (Å²) in [5.74, 6) is 0.00544. The van der Waals surface area contributed by atoms with Crippen molar-refractivity contribution >= 4 is 12.0 Å². The summed E-state index contributed by atoms with van der Waals surface area (Å²) in [6, 6.07) is -0.483. The molecule has 0 bridgehead atoms. The molecular weight excluding hydrogens is 208 g/mol. The Kier molecular flexibility index (Phi) is 3.78. The highest BCUT2D eigenvalue weighted by Gasteiger charge is 2.31. The van der Waals surface area contributed by atoms with Gasteiger partial charge in [-0.3, -0.25) is 4.79 Å². The number of ether oxygens (including phenoxy) is 1. The molecule has 1 fully saturated rings. The van der Waals surface area contributed by atoms with Crippen LogP contribution in [-0.4, -0.2) is 30.2 Å². The summed E-state index contributed by atoms with van der Waals surface area (Å²) in [6.45, 7) is 7.98. The van der Waals surface area contributed by atoms with Gasteiger partial charge in [-0.2, -0.15) is 0 Å². The highest BCUT2D eigenvalue weighted by atomic mass is 16.6. The van der Waals surface area contributed by atoms with Crippen molar-refractivity contribution in [3.8, 4) is 0 Å². The molecule has 1 aliphatic heterocycles. The maximum Gasteiger partial charge on any atom is 0.408 e. The van der Waals surface area contributed by atoms with Gasteiger partial charge in [-0.15, -0.1) is 0 Å². The molecule has 0 saturated carbocycles. The van der Waals surface area contributed by atoms with Crippen molar-refractivity contribution in [2.24, 2.45) is 5.92 Å². The summed E-state index contributed by atoms with van der Waals surface area (Å²) in [5.41, 5.74) is -0.543. The first kappa shape index (κ1) is 12.8. The van der Waals surface area contributed by atoms with Crippen molar-refractivity contribution in [2.75, 3.05) is 6.54 Å². The summed E-state index contributed by atoms with van der Waals surface area (Å²) < 4.78 is 5.11. The van der Waals surface area contributed by atoms with Gasteiger partial charge in [0.05, 0.1) is 0 Å². The molecule has 0 aromatic rings. The number of hydrogen-bond donors (Lipinski definition) is 2. The van der Waals surface area contributed by atoms with Crippen molar-refractivity contribution in [3.05, 3.63) is 0 Å². The minimum Gasteiger partial charge on any atom is -0.444 e. The van der Waals surface area contributed by atoms with E-state index in [4.69, 9.17) is 4.74 Å². The normalized spacial score (nSPS) is 25.9. The molecule has 1 saturated heterocycles. The van der Waals surface area contributed by atoms with Gasteiger partial charge >= 0.3 is 6.09 Å². The zero-order valence-corrected chi connectivity index (χ0v) is 10.3. The molecule has 5 nitrogen and oxygen atoms in total. The lowest BCUT2D eigenvalue weighted by Gasteiger charge is -2.30. The molecular formula is C11H20N2O3. The zero-order chi connectivity index (χ0) is 12.3. The molecule has 0 radical (unpaired) electrons. The molecule has 16 heavy (non-hydrogen) atoms. The van der Waals surface area contributed by atoms with Crippen LogP contribution in [0, 0.1) is 5.92 Å². The Balaban J connectivity index is 2.52. The number of carbonyl (C=O) groups is 2. The van der Waals surface area contributed by atoms with Gasteiger partial charge in [-0.25, -0.2) is 4.79 Å². The second-order valence-electron chi connectivity index (χ2n) is 5.18. The van der Waals surface area contributed by atoms with E-state index in [1.807, 2.05) is 6.92 Å². The van der Waals surface area contributed by atoms with Gasteiger partial charge in [0.2, 0.25) is 5.91 Å². The Hall–Kier alpha value is -1.26. The molecule has 92 valence electrons. The molecule has 0 spiro atoms. The number of alkyl carbamates (subject to hydrolysis) is 1. The lowest BCUT2D eigenvalue weighted by molar-refractivity contribution is -0.126. The predicted octanol–water partition coefficient (Wildman–Crippen LogP) is 1.04. The average molecular weight is 228 g/mol.